The molecule has 0 aliphatic heterocycles. The molecule has 0 radical (unpaired) electrons. The number of rotatable bonds is 6. The largest absolute Gasteiger partial charge is 0.494 e. The summed E-state index contributed by atoms with van der Waals surface area (Å²) in [7, 11) is 1.35. The average molecular weight is 331 g/mol. The fourth-order valence-corrected chi connectivity index (χ4v) is 1.95. The molecule has 2 aromatic rings. The molecule has 0 saturated carbocycles. The van der Waals surface area contributed by atoms with Crippen molar-refractivity contribution in [3.05, 3.63) is 75.6 Å². The minimum Gasteiger partial charge on any atom is -0.494 e. The smallest absolute Gasteiger partial charge is 0.331 e. The van der Waals surface area contributed by atoms with Crippen LogP contribution in [0.15, 0.2) is 48.5 Å². The lowest BCUT2D eigenvalue weighted by atomic mass is 10.1. The first-order chi connectivity index (χ1) is 11.5. The summed E-state index contributed by atoms with van der Waals surface area (Å²) in [6.45, 7) is -0.124. The molecule has 124 valence electrons. The number of para-hydroxylation sites is 1. The first-order valence-electron chi connectivity index (χ1n) is 6.92. The van der Waals surface area contributed by atoms with Crippen molar-refractivity contribution in [1.82, 2.24) is 0 Å². The van der Waals surface area contributed by atoms with Gasteiger partial charge in [-0.3, -0.25) is 10.1 Å². The van der Waals surface area contributed by atoms with E-state index in [0.29, 0.717) is 5.56 Å². The molecule has 0 unspecified atom stereocenters. The molecule has 0 bridgehead atoms. The van der Waals surface area contributed by atoms with Crippen LogP contribution in [0.3, 0.4) is 0 Å². The van der Waals surface area contributed by atoms with E-state index in [1.807, 2.05) is 0 Å². The summed E-state index contributed by atoms with van der Waals surface area (Å²) in [6.07, 6.45) is 2.39. The van der Waals surface area contributed by atoms with Gasteiger partial charge in [-0.2, -0.15) is 0 Å². The normalized spacial score (nSPS) is 10.6. The number of hydrogen-bond donors (Lipinski definition) is 0. The van der Waals surface area contributed by atoms with Gasteiger partial charge in [0.15, 0.2) is 11.6 Å². The second-order valence-corrected chi connectivity index (χ2v) is 4.73. The summed E-state index contributed by atoms with van der Waals surface area (Å²) >= 11 is 0. The molecule has 0 N–H and O–H groups in total. The van der Waals surface area contributed by atoms with E-state index in [0.717, 1.165) is 6.08 Å². The first-order valence-corrected chi connectivity index (χ1v) is 6.92. The van der Waals surface area contributed by atoms with Gasteiger partial charge in [-0.05, 0) is 29.8 Å². The van der Waals surface area contributed by atoms with Crippen molar-refractivity contribution in [3.63, 3.8) is 0 Å². The summed E-state index contributed by atoms with van der Waals surface area (Å²) in [5.74, 6) is -1.15. The Bertz CT molecular complexity index is 788. The highest BCUT2D eigenvalue weighted by atomic mass is 19.1. The quantitative estimate of drug-likeness (QED) is 0.350. The van der Waals surface area contributed by atoms with Crippen molar-refractivity contribution in [2.45, 2.75) is 6.61 Å². The van der Waals surface area contributed by atoms with E-state index in [1.165, 1.54) is 43.5 Å². The number of halogens is 1. The van der Waals surface area contributed by atoms with Crippen LogP contribution in [0, 0.1) is 15.9 Å². The Kier molecular flexibility index (Phi) is 5.62. The SMILES string of the molecule is COc1ccc(COC(=O)C=Cc2ccccc2[N+](=O)[O-])cc1F. The van der Waals surface area contributed by atoms with Crippen LogP contribution >= 0.6 is 0 Å². The molecule has 2 aromatic carbocycles. The fourth-order valence-electron chi connectivity index (χ4n) is 1.95. The summed E-state index contributed by atoms with van der Waals surface area (Å²) in [6, 6.07) is 10.2. The summed E-state index contributed by atoms with van der Waals surface area (Å²) in [5.41, 5.74) is 0.634. The van der Waals surface area contributed by atoms with Gasteiger partial charge in [-0.25, -0.2) is 9.18 Å². The van der Waals surface area contributed by atoms with E-state index in [4.69, 9.17) is 9.47 Å². The summed E-state index contributed by atoms with van der Waals surface area (Å²) < 4.78 is 23.3. The maximum absolute atomic E-state index is 13.5. The highest BCUT2D eigenvalue weighted by Gasteiger charge is 2.10. The lowest BCUT2D eigenvalue weighted by Gasteiger charge is -2.05. The van der Waals surface area contributed by atoms with Gasteiger partial charge in [0.05, 0.1) is 17.6 Å². The van der Waals surface area contributed by atoms with Crippen LogP contribution in [0.1, 0.15) is 11.1 Å². The van der Waals surface area contributed by atoms with Crippen molar-refractivity contribution in [2.75, 3.05) is 7.11 Å². The third kappa shape index (κ3) is 4.39. The van der Waals surface area contributed by atoms with E-state index in [1.54, 1.807) is 12.1 Å². The summed E-state index contributed by atoms with van der Waals surface area (Å²) in [4.78, 5) is 22.0. The zero-order valence-electron chi connectivity index (χ0n) is 12.8. The van der Waals surface area contributed by atoms with Gasteiger partial charge in [0.25, 0.3) is 5.69 Å². The van der Waals surface area contributed by atoms with Crippen molar-refractivity contribution < 1.29 is 23.6 Å². The van der Waals surface area contributed by atoms with Crippen LogP contribution in [0.4, 0.5) is 10.1 Å². The number of nitro groups is 1. The molecule has 2 rings (SSSR count). The molecular weight excluding hydrogens is 317 g/mol. The Labute approximate surface area is 137 Å². The number of carbonyl (C=O) groups is 1. The predicted octanol–water partition coefficient (Wildman–Crippen LogP) is 3.50. The van der Waals surface area contributed by atoms with Crippen molar-refractivity contribution in [3.8, 4) is 5.75 Å². The molecule has 6 nitrogen and oxygen atoms in total. The minimum atomic E-state index is -0.690. The molecule has 0 aliphatic carbocycles. The Morgan fingerprint density at radius 3 is 2.71 bits per heavy atom. The molecular formula is C17H14FNO5. The topological polar surface area (TPSA) is 78.7 Å². The number of ether oxygens (including phenoxy) is 2. The van der Waals surface area contributed by atoms with Gasteiger partial charge < -0.3 is 9.47 Å². The molecule has 0 heterocycles. The molecule has 24 heavy (non-hydrogen) atoms. The lowest BCUT2D eigenvalue weighted by Crippen LogP contribution is -2.01. The highest BCUT2D eigenvalue weighted by Crippen LogP contribution is 2.20. The average Bonchev–Trinajstić information content (AvgIpc) is 2.58. The number of nitrogens with zero attached hydrogens (tertiary/aromatic N) is 1. The number of methoxy groups -OCH3 is 1. The molecule has 0 amide bonds. The second kappa shape index (κ2) is 7.87. The van der Waals surface area contributed by atoms with Crippen molar-refractivity contribution in [2.24, 2.45) is 0 Å². The first kappa shape index (κ1) is 17.1. The maximum Gasteiger partial charge on any atom is 0.331 e. The van der Waals surface area contributed by atoms with Crippen molar-refractivity contribution in [1.29, 1.82) is 0 Å². The standard InChI is InChI=1S/C17H14FNO5/c1-23-16-8-6-12(10-14(16)18)11-24-17(20)9-7-13-4-2-3-5-15(13)19(21)22/h2-10H,11H2,1H3. The van der Waals surface area contributed by atoms with Gasteiger partial charge in [0.1, 0.15) is 6.61 Å². The van der Waals surface area contributed by atoms with Crippen LogP contribution in [-0.2, 0) is 16.1 Å². The van der Waals surface area contributed by atoms with Crippen LogP contribution in [0.2, 0.25) is 0 Å². The monoisotopic (exact) mass is 331 g/mol. The van der Waals surface area contributed by atoms with Crippen LogP contribution < -0.4 is 4.74 Å². The predicted molar refractivity (Wildman–Crippen MR) is 84.9 cm³/mol. The van der Waals surface area contributed by atoms with E-state index in [-0.39, 0.29) is 23.6 Å². The van der Waals surface area contributed by atoms with Crippen LogP contribution in [-0.4, -0.2) is 18.0 Å². The number of esters is 1. The number of benzene rings is 2. The maximum atomic E-state index is 13.5. The number of carbonyl (C=O) groups excluding carboxylic acids is 1. The van der Waals surface area contributed by atoms with Crippen molar-refractivity contribution >= 4 is 17.7 Å². The van der Waals surface area contributed by atoms with Gasteiger partial charge in [-0.1, -0.05) is 18.2 Å². The molecule has 0 fully saturated rings. The van der Waals surface area contributed by atoms with Crippen LogP contribution in [0.25, 0.3) is 6.08 Å². The number of nitro benzene ring substituents is 1. The van der Waals surface area contributed by atoms with Gasteiger partial charge in [0, 0.05) is 12.1 Å². The molecule has 7 heteroatoms. The van der Waals surface area contributed by atoms with Gasteiger partial charge >= 0.3 is 5.97 Å². The molecule has 0 aromatic heterocycles. The van der Waals surface area contributed by atoms with Gasteiger partial charge in [-0.15, -0.1) is 0 Å². The lowest BCUT2D eigenvalue weighted by molar-refractivity contribution is -0.385. The number of hydrogen-bond acceptors (Lipinski definition) is 5. The highest BCUT2D eigenvalue weighted by molar-refractivity contribution is 5.87. The Hall–Kier alpha value is -3.22. The zero-order valence-corrected chi connectivity index (χ0v) is 12.8. The molecule has 0 saturated heterocycles. The minimum absolute atomic E-state index is 0.0985. The third-order valence-electron chi connectivity index (χ3n) is 3.13. The van der Waals surface area contributed by atoms with E-state index in [9.17, 15) is 19.3 Å². The Balaban J connectivity index is 1.99. The Morgan fingerprint density at radius 1 is 1.29 bits per heavy atom. The molecule has 0 atom stereocenters. The zero-order chi connectivity index (χ0) is 17.5. The molecule has 0 spiro atoms. The molecule has 0 aliphatic rings. The Morgan fingerprint density at radius 2 is 2.04 bits per heavy atom. The van der Waals surface area contributed by atoms with Gasteiger partial charge in [0.2, 0.25) is 0 Å². The van der Waals surface area contributed by atoms with Crippen LogP contribution in [0.5, 0.6) is 5.75 Å². The third-order valence-corrected chi connectivity index (χ3v) is 3.13. The fraction of sp³-hybridized carbons (Fsp3) is 0.118. The summed E-state index contributed by atoms with van der Waals surface area (Å²) in [5, 5.41) is 10.9. The second-order valence-electron chi connectivity index (χ2n) is 4.73. The van der Waals surface area contributed by atoms with E-state index in [2.05, 4.69) is 0 Å². The van der Waals surface area contributed by atoms with E-state index < -0.39 is 16.7 Å². The van der Waals surface area contributed by atoms with E-state index >= 15 is 0 Å².